The summed E-state index contributed by atoms with van der Waals surface area (Å²) in [5.74, 6) is 1.59. The van der Waals surface area contributed by atoms with Gasteiger partial charge in [0.1, 0.15) is 18.1 Å². The number of imide groups is 1. The first-order valence-electron chi connectivity index (χ1n) is 9.93. The highest BCUT2D eigenvalue weighted by Gasteiger charge is 2.34. The quantitative estimate of drug-likeness (QED) is 0.544. The molecular formula is C24H27NO4S. The van der Waals surface area contributed by atoms with Crippen molar-refractivity contribution in [3.8, 4) is 11.5 Å². The van der Waals surface area contributed by atoms with Gasteiger partial charge in [-0.05, 0) is 72.0 Å². The zero-order valence-corrected chi connectivity index (χ0v) is 18.8. The second-order valence-corrected chi connectivity index (χ2v) is 8.60. The summed E-state index contributed by atoms with van der Waals surface area (Å²) in [6.45, 7) is 8.66. The number of aryl methyl sites for hydroxylation is 2. The monoisotopic (exact) mass is 425 g/mol. The fourth-order valence-corrected chi connectivity index (χ4v) is 4.13. The Morgan fingerprint density at radius 1 is 1.07 bits per heavy atom. The van der Waals surface area contributed by atoms with E-state index in [1.165, 1.54) is 4.90 Å². The van der Waals surface area contributed by atoms with Gasteiger partial charge in [-0.1, -0.05) is 38.1 Å². The van der Waals surface area contributed by atoms with Crippen LogP contribution in [0, 0.1) is 13.8 Å². The largest absolute Gasteiger partial charge is 0.496 e. The molecule has 2 aromatic carbocycles. The molecule has 0 unspecified atom stereocenters. The van der Waals surface area contributed by atoms with Crippen molar-refractivity contribution < 1.29 is 19.1 Å². The lowest BCUT2D eigenvalue weighted by Crippen LogP contribution is -2.32. The average molecular weight is 426 g/mol. The van der Waals surface area contributed by atoms with Crippen LogP contribution in [0.25, 0.3) is 6.08 Å². The number of nitrogens with zero attached hydrogens (tertiary/aromatic N) is 1. The molecule has 2 aromatic rings. The summed E-state index contributed by atoms with van der Waals surface area (Å²) < 4.78 is 11.3. The van der Waals surface area contributed by atoms with Crippen molar-refractivity contribution in [2.75, 3.05) is 20.3 Å². The van der Waals surface area contributed by atoms with Crippen molar-refractivity contribution in [3.05, 3.63) is 63.6 Å². The van der Waals surface area contributed by atoms with Crippen molar-refractivity contribution in [2.24, 2.45) is 0 Å². The van der Waals surface area contributed by atoms with Gasteiger partial charge in [0.25, 0.3) is 11.1 Å². The summed E-state index contributed by atoms with van der Waals surface area (Å²) in [7, 11) is 1.61. The van der Waals surface area contributed by atoms with Gasteiger partial charge >= 0.3 is 0 Å². The lowest BCUT2D eigenvalue weighted by molar-refractivity contribution is -0.123. The van der Waals surface area contributed by atoms with Crippen LogP contribution in [0.5, 0.6) is 11.5 Å². The number of hydrogen-bond acceptors (Lipinski definition) is 5. The van der Waals surface area contributed by atoms with Crippen LogP contribution in [0.15, 0.2) is 41.3 Å². The summed E-state index contributed by atoms with van der Waals surface area (Å²) >= 11 is 0.953. The number of methoxy groups -OCH3 is 1. The molecule has 1 saturated heterocycles. The van der Waals surface area contributed by atoms with Crippen LogP contribution >= 0.6 is 11.8 Å². The molecule has 2 amide bonds. The Morgan fingerprint density at radius 2 is 1.83 bits per heavy atom. The molecule has 0 spiro atoms. The topological polar surface area (TPSA) is 55.8 Å². The summed E-state index contributed by atoms with van der Waals surface area (Å²) in [4.78, 5) is 26.8. The predicted octanol–water partition coefficient (Wildman–Crippen LogP) is 5.55. The molecular weight excluding hydrogens is 398 g/mol. The van der Waals surface area contributed by atoms with Crippen molar-refractivity contribution in [1.82, 2.24) is 4.90 Å². The molecule has 5 nitrogen and oxygen atoms in total. The Balaban J connectivity index is 1.68. The molecule has 1 heterocycles. The number of thioether (sulfide) groups is 1. The Kier molecular flexibility index (Phi) is 6.87. The van der Waals surface area contributed by atoms with Crippen LogP contribution in [-0.4, -0.2) is 36.3 Å². The molecule has 158 valence electrons. The first-order chi connectivity index (χ1) is 14.3. The van der Waals surface area contributed by atoms with Gasteiger partial charge in [-0.3, -0.25) is 14.5 Å². The fraction of sp³-hybridized carbons (Fsp3) is 0.333. The Labute approximate surface area is 182 Å². The minimum atomic E-state index is -0.290. The molecule has 1 aliphatic rings. The molecule has 30 heavy (non-hydrogen) atoms. The highest BCUT2D eigenvalue weighted by molar-refractivity contribution is 8.18. The van der Waals surface area contributed by atoms with Gasteiger partial charge in [-0.25, -0.2) is 0 Å². The third kappa shape index (κ3) is 4.87. The van der Waals surface area contributed by atoms with Crippen molar-refractivity contribution in [1.29, 1.82) is 0 Å². The number of amides is 2. The van der Waals surface area contributed by atoms with Crippen molar-refractivity contribution in [2.45, 2.75) is 33.6 Å². The Hall–Kier alpha value is -2.73. The maximum Gasteiger partial charge on any atom is 0.293 e. The number of carbonyl (C=O) groups excluding carboxylic acids is 2. The van der Waals surface area contributed by atoms with Gasteiger partial charge < -0.3 is 9.47 Å². The third-order valence-corrected chi connectivity index (χ3v) is 5.87. The smallest absolute Gasteiger partial charge is 0.293 e. The molecule has 0 aromatic heterocycles. The van der Waals surface area contributed by atoms with E-state index in [1.807, 2.05) is 38.1 Å². The molecule has 3 rings (SSSR count). The van der Waals surface area contributed by atoms with Crippen LogP contribution in [0.1, 0.15) is 42.0 Å². The molecule has 1 aliphatic heterocycles. The van der Waals surface area contributed by atoms with E-state index in [-0.39, 0.29) is 24.3 Å². The van der Waals surface area contributed by atoms with Gasteiger partial charge in [-0.2, -0.15) is 0 Å². The molecule has 0 N–H and O–H groups in total. The number of rotatable bonds is 7. The summed E-state index contributed by atoms with van der Waals surface area (Å²) in [6, 6.07) is 11.8. The first-order valence-corrected chi connectivity index (χ1v) is 10.7. The van der Waals surface area contributed by atoms with Gasteiger partial charge in [0.2, 0.25) is 0 Å². The molecule has 6 heteroatoms. The zero-order chi connectivity index (χ0) is 21.8. The van der Waals surface area contributed by atoms with Crippen molar-refractivity contribution in [3.63, 3.8) is 0 Å². The number of hydrogen-bond donors (Lipinski definition) is 0. The number of ether oxygens (including phenoxy) is 2. The van der Waals surface area contributed by atoms with E-state index in [0.29, 0.717) is 10.8 Å². The van der Waals surface area contributed by atoms with Crippen LogP contribution in [0.3, 0.4) is 0 Å². The van der Waals surface area contributed by atoms with E-state index < -0.39 is 0 Å². The van der Waals surface area contributed by atoms with E-state index in [0.717, 1.165) is 45.5 Å². The molecule has 0 aliphatic carbocycles. The lowest BCUT2D eigenvalue weighted by Gasteiger charge is -2.17. The van der Waals surface area contributed by atoms with Crippen LogP contribution in [0.4, 0.5) is 4.79 Å². The normalized spacial score (nSPS) is 15.4. The number of carbonyl (C=O) groups is 2. The summed E-state index contributed by atoms with van der Waals surface area (Å²) in [6.07, 6.45) is 1.73. The fourth-order valence-electron chi connectivity index (χ4n) is 3.26. The summed E-state index contributed by atoms with van der Waals surface area (Å²) in [5, 5.41) is -0.276. The first kappa shape index (κ1) is 22.0. The minimum Gasteiger partial charge on any atom is -0.496 e. The summed E-state index contributed by atoms with van der Waals surface area (Å²) in [5.41, 5.74) is 4.05. The highest BCUT2D eigenvalue weighted by atomic mass is 32.2. The van der Waals surface area contributed by atoms with E-state index in [2.05, 4.69) is 26.0 Å². The van der Waals surface area contributed by atoms with E-state index in [1.54, 1.807) is 13.2 Å². The Bertz CT molecular complexity index is 997. The average Bonchev–Trinajstić information content (AvgIpc) is 2.96. The van der Waals surface area contributed by atoms with Gasteiger partial charge in [-0.15, -0.1) is 0 Å². The van der Waals surface area contributed by atoms with Crippen LogP contribution < -0.4 is 9.47 Å². The van der Waals surface area contributed by atoms with Crippen LogP contribution in [-0.2, 0) is 4.79 Å². The standard InChI is InChI=1S/C24H27NO4S/c1-15(2)19-9-6-16(3)12-21(19)29-11-10-25-23(26)22(30-24(25)27)14-18-8-7-17(4)20(13-18)28-5/h6-9,12-15H,10-11H2,1-5H3/b22-14-. The van der Waals surface area contributed by atoms with Crippen molar-refractivity contribution >= 4 is 29.0 Å². The second-order valence-electron chi connectivity index (χ2n) is 7.61. The van der Waals surface area contributed by atoms with Gasteiger partial charge in [0.05, 0.1) is 18.6 Å². The molecule has 1 fully saturated rings. The zero-order valence-electron chi connectivity index (χ0n) is 18.0. The maximum atomic E-state index is 12.7. The van der Waals surface area contributed by atoms with Crippen LogP contribution in [0.2, 0.25) is 0 Å². The van der Waals surface area contributed by atoms with Gasteiger partial charge in [0.15, 0.2) is 0 Å². The molecule has 0 bridgehead atoms. The Morgan fingerprint density at radius 3 is 2.53 bits per heavy atom. The van der Waals surface area contributed by atoms with E-state index in [4.69, 9.17) is 9.47 Å². The van der Waals surface area contributed by atoms with E-state index in [9.17, 15) is 9.59 Å². The molecule has 0 saturated carbocycles. The minimum absolute atomic E-state index is 0.213. The lowest BCUT2D eigenvalue weighted by atomic mass is 10.0. The molecule has 0 atom stereocenters. The third-order valence-electron chi connectivity index (χ3n) is 4.97. The number of benzene rings is 2. The maximum absolute atomic E-state index is 12.7. The second kappa shape index (κ2) is 9.39. The molecule has 0 radical (unpaired) electrons. The SMILES string of the molecule is COc1cc(/C=C2\SC(=O)N(CCOc3cc(C)ccc3C(C)C)C2=O)ccc1C. The van der Waals surface area contributed by atoms with Gasteiger partial charge in [0, 0.05) is 0 Å². The predicted molar refractivity (Wildman–Crippen MR) is 121 cm³/mol. The van der Waals surface area contributed by atoms with E-state index >= 15 is 0 Å². The highest BCUT2D eigenvalue weighted by Crippen LogP contribution is 2.33.